The zero-order chi connectivity index (χ0) is 15.3. The van der Waals surface area contributed by atoms with E-state index in [2.05, 4.69) is 10.3 Å². The number of rotatable bonds is 6. The van der Waals surface area contributed by atoms with Crippen molar-refractivity contribution < 1.29 is 8.42 Å². The Morgan fingerprint density at radius 2 is 2.24 bits per heavy atom. The summed E-state index contributed by atoms with van der Waals surface area (Å²) in [5, 5.41) is 2.80. The van der Waals surface area contributed by atoms with E-state index in [-0.39, 0.29) is 11.1 Å². The maximum absolute atomic E-state index is 12.2. The molecule has 0 aliphatic carbocycles. The number of aromatic nitrogens is 1. The molecule has 1 aromatic heterocycles. The Morgan fingerprint density at radius 1 is 1.43 bits per heavy atom. The monoisotopic (exact) mass is 329 g/mol. The Kier molecular flexibility index (Phi) is 5.89. The van der Waals surface area contributed by atoms with Gasteiger partial charge in [-0.15, -0.1) is 0 Å². The van der Waals surface area contributed by atoms with Crippen LogP contribution in [0.3, 0.4) is 0 Å². The smallest absolute Gasteiger partial charge is 0.166 e. The largest absolute Gasteiger partial charge is 0.370 e. The third-order valence-corrected chi connectivity index (χ3v) is 6.87. The maximum Gasteiger partial charge on any atom is 0.166 e. The standard InChI is InChI=1S/C14H23N3O2S2/c1-3-15-13-7-5-6-12(16-13)10-17-8-9-20-11-14(17)21(18,19)4-2/h5-7,14H,3-4,8-11H2,1-2H3,(H,15,16). The highest BCUT2D eigenvalue weighted by atomic mass is 32.2. The minimum Gasteiger partial charge on any atom is -0.370 e. The lowest BCUT2D eigenvalue weighted by Crippen LogP contribution is -2.47. The molecule has 0 saturated carbocycles. The van der Waals surface area contributed by atoms with Crippen molar-refractivity contribution in [2.75, 3.05) is 35.7 Å². The summed E-state index contributed by atoms with van der Waals surface area (Å²) >= 11 is 1.72. The molecule has 118 valence electrons. The summed E-state index contributed by atoms with van der Waals surface area (Å²) in [4.78, 5) is 6.59. The van der Waals surface area contributed by atoms with E-state index in [1.165, 1.54) is 0 Å². The van der Waals surface area contributed by atoms with Gasteiger partial charge >= 0.3 is 0 Å². The van der Waals surface area contributed by atoms with Crippen molar-refractivity contribution in [3.63, 3.8) is 0 Å². The molecule has 1 saturated heterocycles. The molecule has 1 N–H and O–H groups in total. The molecule has 1 atom stereocenters. The summed E-state index contributed by atoms with van der Waals surface area (Å²) in [5.74, 6) is 2.67. The van der Waals surface area contributed by atoms with Gasteiger partial charge in [-0.05, 0) is 19.1 Å². The van der Waals surface area contributed by atoms with Crippen molar-refractivity contribution in [3.8, 4) is 0 Å². The zero-order valence-electron chi connectivity index (χ0n) is 12.6. The van der Waals surface area contributed by atoms with Crippen LogP contribution in [0.1, 0.15) is 19.5 Å². The third kappa shape index (κ3) is 4.34. The van der Waals surface area contributed by atoms with Crippen LogP contribution in [-0.2, 0) is 16.4 Å². The van der Waals surface area contributed by atoms with Gasteiger partial charge in [-0.1, -0.05) is 13.0 Å². The second kappa shape index (κ2) is 7.47. The van der Waals surface area contributed by atoms with Gasteiger partial charge in [0.2, 0.25) is 0 Å². The minimum absolute atomic E-state index is 0.194. The van der Waals surface area contributed by atoms with Gasteiger partial charge in [0, 0.05) is 36.9 Å². The van der Waals surface area contributed by atoms with Crippen LogP contribution in [0.5, 0.6) is 0 Å². The second-order valence-corrected chi connectivity index (χ2v) is 8.59. The van der Waals surface area contributed by atoms with Gasteiger partial charge < -0.3 is 5.32 Å². The average molecular weight is 329 g/mol. The molecule has 0 amide bonds. The van der Waals surface area contributed by atoms with Crippen LogP contribution in [0.4, 0.5) is 5.82 Å². The van der Waals surface area contributed by atoms with Crippen molar-refractivity contribution in [3.05, 3.63) is 23.9 Å². The lowest BCUT2D eigenvalue weighted by Gasteiger charge is -2.34. The first-order chi connectivity index (χ1) is 10.1. The summed E-state index contributed by atoms with van der Waals surface area (Å²) in [6, 6.07) is 5.85. The van der Waals surface area contributed by atoms with Gasteiger partial charge in [0.15, 0.2) is 9.84 Å². The van der Waals surface area contributed by atoms with Crippen LogP contribution in [0.15, 0.2) is 18.2 Å². The van der Waals surface area contributed by atoms with Crippen LogP contribution in [0, 0.1) is 0 Å². The average Bonchev–Trinajstić information content (AvgIpc) is 2.48. The number of sulfone groups is 1. The molecule has 2 rings (SSSR count). The topological polar surface area (TPSA) is 62.3 Å². The van der Waals surface area contributed by atoms with Gasteiger partial charge in [0.1, 0.15) is 11.2 Å². The molecular weight excluding hydrogens is 306 g/mol. The highest BCUT2D eigenvalue weighted by Crippen LogP contribution is 2.23. The first-order valence-electron chi connectivity index (χ1n) is 7.30. The molecule has 0 bridgehead atoms. The Balaban J connectivity index is 2.14. The molecule has 1 aliphatic rings. The molecule has 1 aromatic rings. The SMILES string of the molecule is CCNc1cccc(CN2CCSCC2S(=O)(=O)CC)n1. The van der Waals surface area contributed by atoms with Crippen molar-refractivity contribution >= 4 is 27.4 Å². The fraction of sp³-hybridized carbons (Fsp3) is 0.643. The highest BCUT2D eigenvalue weighted by Gasteiger charge is 2.32. The predicted octanol–water partition coefficient (Wildman–Crippen LogP) is 1.82. The number of anilines is 1. The van der Waals surface area contributed by atoms with Crippen LogP contribution in [0.2, 0.25) is 0 Å². The van der Waals surface area contributed by atoms with Gasteiger partial charge in [-0.2, -0.15) is 11.8 Å². The molecule has 0 spiro atoms. The quantitative estimate of drug-likeness (QED) is 0.859. The van der Waals surface area contributed by atoms with E-state index in [0.717, 1.165) is 30.4 Å². The molecule has 21 heavy (non-hydrogen) atoms. The van der Waals surface area contributed by atoms with E-state index < -0.39 is 9.84 Å². The molecule has 2 heterocycles. The van der Waals surface area contributed by atoms with Gasteiger partial charge in [-0.25, -0.2) is 13.4 Å². The summed E-state index contributed by atoms with van der Waals surface area (Å²) in [6.07, 6.45) is 0. The predicted molar refractivity (Wildman–Crippen MR) is 89.4 cm³/mol. The lowest BCUT2D eigenvalue weighted by molar-refractivity contribution is 0.259. The first-order valence-corrected chi connectivity index (χ1v) is 10.2. The number of nitrogens with zero attached hydrogens (tertiary/aromatic N) is 2. The normalized spacial score (nSPS) is 20.4. The molecule has 1 fully saturated rings. The van der Waals surface area contributed by atoms with Crippen LogP contribution in [-0.4, -0.2) is 54.0 Å². The Labute approximate surface area is 131 Å². The van der Waals surface area contributed by atoms with E-state index in [1.54, 1.807) is 18.7 Å². The summed E-state index contributed by atoms with van der Waals surface area (Å²) in [7, 11) is -3.05. The Hall–Kier alpha value is -0.790. The van der Waals surface area contributed by atoms with E-state index in [9.17, 15) is 8.42 Å². The van der Waals surface area contributed by atoms with Crippen LogP contribution >= 0.6 is 11.8 Å². The number of hydrogen-bond acceptors (Lipinski definition) is 6. The van der Waals surface area contributed by atoms with E-state index >= 15 is 0 Å². The maximum atomic E-state index is 12.2. The zero-order valence-corrected chi connectivity index (χ0v) is 14.2. The third-order valence-electron chi connectivity index (χ3n) is 3.54. The lowest BCUT2D eigenvalue weighted by atomic mass is 10.3. The first kappa shape index (κ1) is 16.6. The highest BCUT2D eigenvalue weighted by molar-refractivity contribution is 8.01. The van der Waals surface area contributed by atoms with Gasteiger partial charge in [0.05, 0.1) is 5.69 Å². The minimum atomic E-state index is -3.05. The van der Waals surface area contributed by atoms with Crippen molar-refractivity contribution in [1.82, 2.24) is 9.88 Å². The Morgan fingerprint density at radius 3 is 2.95 bits per heavy atom. The van der Waals surface area contributed by atoms with Crippen molar-refractivity contribution in [2.45, 2.75) is 25.8 Å². The van der Waals surface area contributed by atoms with E-state index in [4.69, 9.17) is 0 Å². The number of thioether (sulfide) groups is 1. The Bertz CT molecular complexity index is 563. The van der Waals surface area contributed by atoms with E-state index in [1.807, 2.05) is 30.0 Å². The van der Waals surface area contributed by atoms with E-state index in [0.29, 0.717) is 12.3 Å². The molecule has 0 radical (unpaired) electrons. The summed E-state index contributed by atoms with van der Waals surface area (Å²) in [5.41, 5.74) is 0.914. The fourth-order valence-electron chi connectivity index (χ4n) is 2.37. The summed E-state index contributed by atoms with van der Waals surface area (Å²) in [6.45, 7) is 5.95. The van der Waals surface area contributed by atoms with Gasteiger partial charge in [-0.3, -0.25) is 4.90 Å². The molecule has 5 nitrogen and oxygen atoms in total. The van der Waals surface area contributed by atoms with Gasteiger partial charge in [0.25, 0.3) is 0 Å². The number of nitrogens with one attached hydrogen (secondary N) is 1. The summed E-state index contributed by atoms with van der Waals surface area (Å²) < 4.78 is 24.5. The molecular formula is C14H23N3O2S2. The molecule has 0 aromatic carbocycles. The van der Waals surface area contributed by atoms with Crippen LogP contribution in [0.25, 0.3) is 0 Å². The number of pyridine rings is 1. The fourth-order valence-corrected chi connectivity index (χ4v) is 5.45. The van der Waals surface area contributed by atoms with Crippen LogP contribution < -0.4 is 5.32 Å². The second-order valence-electron chi connectivity index (χ2n) is 5.00. The number of hydrogen-bond donors (Lipinski definition) is 1. The molecule has 1 aliphatic heterocycles. The molecule has 7 heteroatoms. The molecule has 1 unspecified atom stereocenters. The van der Waals surface area contributed by atoms with Crippen molar-refractivity contribution in [2.24, 2.45) is 0 Å². The van der Waals surface area contributed by atoms with Crippen molar-refractivity contribution in [1.29, 1.82) is 0 Å².